The van der Waals surface area contributed by atoms with Crippen molar-refractivity contribution < 1.29 is 14.3 Å². The van der Waals surface area contributed by atoms with E-state index in [2.05, 4.69) is 47.1 Å². The Bertz CT molecular complexity index is 1120. The summed E-state index contributed by atoms with van der Waals surface area (Å²) in [5.41, 5.74) is 5.61. The number of nitrogens with one attached hydrogen (secondary N) is 1. The first-order chi connectivity index (χ1) is 15.6. The van der Waals surface area contributed by atoms with Crippen LogP contribution in [-0.2, 0) is 16.0 Å². The molecular weight excluding hydrogens is 426 g/mol. The molecule has 32 heavy (non-hydrogen) atoms. The number of rotatable bonds is 4. The molecular formula is C25H28ClN3O3. The zero-order valence-electron chi connectivity index (χ0n) is 18.4. The second kappa shape index (κ2) is 8.68. The Balaban J connectivity index is 1.60. The van der Waals surface area contributed by atoms with Gasteiger partial charge in [0.15, 0.2) is 0 Å². The number of carbonyl (C=O) groups excluding carboxylic acids is 1. The highest BCUT2D eigenvalue weighted by atomic mass is 35.5. The number of alkyl halides is 1. The summed E-state index contributed by atoms with van der Waals surface area (Å²) in [6.07, 6.45) is 0.771. The van der Waals surface area contributed by atoms with E-state index in [0.29, 0.717) is 0 Å². The minimum Gasteiger partial charge on any atom is -0.497 e. The van der Waals surface area contributed by atoms with E-state index in [4.69, 9.17) is 21.1 Å². The van der Waals surface area contributed by atoms with E-state index in [-0.39, 0.29) is 23.9 Å². The van der Waals surface area contributed by atoms with Crippen LogP contribution in [-0.4, -0.2) is 61.1 Å². The van der Waals surface area contributed by atoms with E-state index < -0.39 is 0 Å². The summed E-state index contributed by atoms with van der Waals surface area (Å²) in [7, 11) is 1.68. The maximum absolute atomic E-state index is 12.9. The van der Waals surface area contributed by atoms with Crippen LogP contribution in [0.4, 0.5) is 5.69 Å². The van der Waals surface area contributed by atoms with E-state index >= 15 is 0 Å². The molecule has 1 amide bonds. The lowest BCUT2D eigenvalue weighted by molar-refractivity contribution is -0.133. The average molecular weight is 454 g/mol. The third-order valence-corrected chi connectivity index (χ3v) is 6.89. The van der Waals surface area contributed by atoms with Gasteiger partial charge in [0.05, 0.1) is 26.4 Å². The first-order valence-corrected chi connectivity index (χ1v) is 11.6. The molecule has 0 bridgehead atoms. The molecule has 1 fully saturated rings. The predicted octanol–water partition coefficient (Wildman–Crippen LogP) is 4.11. The molecule has 3 aromatic rings. The molecule has 3 heterocycles. The van der Waals surface area contributed by atoms with E-state index in [0.717, 1.165) is 60.6 Å². The van der Waals surface area contributed by atoms with E-state index in [9.17, 15) is 4.79 Å². The number of nitrogens with zero attached hydrogens (tertiary/aromatic N) is 2. The van der Waals surface area contributed by atoms with E-state index in [1.54, 1.807) is 7.11 Å². The summed E-state index contributed by atoms with van der Waals surface area (Å²) in [4.78, 5) is 20.8. The molecule has 0 unspecified atom stereocenters. The average Bonchev–Trinajstić information content (AvgIpc) is 3.20. The van der Waals surface area contributed by atoms with Gasteiger partial charge in [-0.15, -0.1) is 11.6 Å². The molecule has 2 aromatic carbocycles. The number of benzene rings is 2. The Labute approximate surface area is 193 Å². The monoisotopic (exact) mass is 453 g/mol. The Morgan fingerprint density at radius 2 is 1.94 bits per heavy atom. The smallest absolute Gasteiger partial charge is 0.238 e. The molecule has 2 atom stereocenters. The van der Waals surface area contributed by atoms with Gasteiger partial charge in [-0.3, -0.25) is 4.79 Å². The van der Waals surface area contributed by atoms with Crippen molar-refractivity contribution >= 4 is 34.1 Å². The lowest BCUT2D eigenvalue weighted by Gasteiger charge is -2.41. The van der Waals surface area contributed by atoms with Crippen LogP contribution in [0.25, 0.3) is 10.9 Å². The Kier molecular flexibility index (Phi) is 5.74. The fourth-order valence-electron chi connectivity index (χ4n) is 5.09. The fourth-order valence-corrected chi connectivity index (χ4v) is 5.23. The second-order valence-electron chi connectivity index (χ2n) is 8.51. The topological polar surface area (TPSA) is 57.8 Å². The Morgan fingerprint density at radius 3 is 2.62 bits per heavy atom. The van der Waals surface area contributed by atoms with Crippen LogP contribution in [0.2, 0.25) is 0 Å². The van der Waals surface area contributed by atoms with Crippen molar-refractivity contribution in [3.05, 3.63) is 59.3 Å². The number of amides is 1. The van der Waals surface area contributed by atoms with Crippen LogP contribution >= 0.6 is 11.6 Å². The molecule has 1 aromatic heterocycles. The van der Waals surface area contributed by atoms with Gasteiger partial charge in [0, 0.05) is 41.4 Å². The van der Waals surface area contributed by atoms with Gasteiger partial charge >= 0.3 is 0 Å². The predicted molar refractivity (Wildman–Crippen MR) is 127 cm³/mol. The number of carbonyl (C=O) groups is 1. The van der Waals surface area contributed by atoms with Gasteiger partial charge in [-0.25, -0.2) is 0 Å². The maximum Gasteiger partial charge on any atom is 0.238 e. The fraction of sp³-hybridized carbons (Fsp3) is 0.400. The van der Waals surface area contributed by atoms with Crippen molar-refractivity contribution in [1.29, 1.82) is 0 Å². The molecule has 2 aliphatic heterocycles. The largest absolute Gasteiger partial charge is 0.497 e. The van der Waals surface area contributed by atoms with Gasteiger partial charge in [0.2, 0.25) is 5.91 Å². The van der Waals surface area contributed by atoms with Crippen LogP contribution < -0.4 is 9.64 Å². The molecule has 2 aliphatic rings. The molecule has 7 heteroatoms. The molecule has 1 N–H and O–H groups in total. The number of ether oxygens (including phenoxy) is 2. The number of fused-ring (bicyclic) bond motifs is 3. The van der Waals surface area contributed by atoms with Gasteiger partial charge in [-0.05, 0) is 54.8 Å². The van der Waals surface area contributed by atoms with Gasteiger partial charge in [0.25, 0.3) is 0 Å². The van der Waals surface area contributed by atoms with Crippen LogP contribution in [0.15, 0.2) is 42.5 Å². The third kappa shape index (κ3) is 3.61. The first kappa shape index (κ1) is 21.2. The Hall–Kier alpha value is -2.70. The summed E-state index contributed by atoms with van der Waals surface area (Å²) in [6.45, 7) is 5.39. The van der Waals surface area contributed by atoms with Crippen molar-refractivity contribution in [2.75, 3.05) is 44.2 Å². The number of aromatic nitrogens is 1. The number of aromatic amines is 1. The molecule has 168 valence electrons. The molecule has 0 saturated carbocycles. The third-order valence-electron chi connectivity index (χ3n) is 6.66. The standard InChI is InChI=1S/C25H28ClN3O3/c1-16-13-21-20-14-19(31-2)7-8-22(20)27-24(21)25(29(16)23(30)15-26)17-3-5-18(6-4-17)28-9-11-32-12-10-28/h3-8,14,16,25,27H,9-13,15H2,1-2H3/t16-,25-/m0/s1. The van der Waals surface area contributed by atoms with Gasteiger partial charge in [-0.2, -0.15) is 0 Å². The minimum atomic E-state index is -0.211. The zero-order chi connectivity index (χ0) is 22.2. The highest BCUT2D eigenvalue weighted by Crippen LogP contribution is 2.42. The number of H-pyrrole nitrogens is 1. The molecule has 0 radical (unpaired) electrons. The number of hydrogen-bond acceptors (Lipinski definition) is 4. The molecule has 6 nitrogen and oxygen atoms in total. The van der Waals surface area contributed by atoms with Crippen molar-refractivity contribution in [2.24, 2.45) is 0 Å². The highest BCUT2D eigenvalue weighted by molar-refractivity contribution is 6.27. The Morgan fingerprint density at radius 1 is 1.19 bits per heavy atom. The van der Waals surface area contributed by atoms with E-state index in [1.807, 2.05) is 17.0 Å². The van der Waals surface area contributed by atoms with Gasteiger partial charge in [-0.1, -0.05) is 12.1 Å². The normalized spacial score (nSPS) is 21.0. The summed E-state index contributed by atoms with van der Waals surface area (Å²) < 4.78 is 10.9. The van der Waals surface area contributed by atoms with Crippen LogP contribution in [0.3, 0.4) is 0 Å². The molecule has 5 rings (SSSR count). The summed E-state index contributed by atoms with van der Waals surface area (Å²) in [5.74, 6) is 0.747. The lowest BCUT2D eigenvalue weighted by Crippen LogP contribution is -2.47. The maximum atomic E-state index is 12.9. The number of halogens is 1. The van der Waals surface area contributed by atoms with Crippen LogP contribution in [0, 0.1) is 0 Å². The number of hydrogen-bond donors (Lipinski definition) is 1. The van der Waals surface area contributed by atoms with Crippen molar-refractivity contribution in [2.45, 2.75) is 25.4 Å². The summed E-state index contributed by atoms with van der Waals surface area (Å²) in [6, 6.07) is 14.5. The minimum absolute atomic E-state index is 0.0304. The van der Waals surface area contributed by atoms with Crippen molar-refractivity contribution in [3.63, 3.8) is 0 Å². The van der Waals surface area contributed by atoms with Gasteiger partial charge < -0.3 is 24.3 Å². The first-order valence-electron chi connectivity index (χ1n) is 11.1. The number of anilines is 1. The summed E-state index contributed by atoms with van der Waals surface area (Å²) >= 11 is 6.04. The van der Waals surface area contributed by atoms with Crippen molar-refractivity contribution in [1.82, 2.24) is 9.88 Å². The lowest BCUT2D eigenvalue weighted by atomic mass is 9.88. The van der Waals surface area contributed by atoms with Crippen molar-refractivity contribution in [3.8, 4) is 5.75 Å². The van der Waals surface area contributed by atoms with E-state index in [1.165, 1.54) is 11.3 Å². The molecule has 1 saturated heterocycles. The number of morpholine rings is 1. The second-order valence-corrected chi connectivity index (χ2v) is 8.78. The number of methoxy groups -OCH3 is 1. The molecule has 0 spiro atoms. The summed E-state index contributed by atoms with van der Waals surface area (Å²) in [5, 5.41) is 1.15. The van der Waals surface area contributed by atoms with Crippen LogP contribution in [0.5, 0.6) is 5.75 Å². The quantitative estimate of drug-likeness (QED) is 0.604. The molecule has 0 aliphatic carbocycles. The zero-order valence-corrected chi connectivity index (χ0v) is 19.2. The highest BCUT2D eigenvalue weighted by Gasteiger charge is 2.38. The van der Waals surface area contributed by atoms with Gasteiger partial charge in [0.1, 0.15) is 11.6 Å². The van der Waals surface area contributed by atoms with Crippen LogP contribution in [0.1, 0.15) is 29.8 Å². The SMILES string of the molecule is COc1ccc2[nH]c3c(c2c1)C[C@H](C)N(C(=O)CCl)[C@H]3c1ccc(N2CCOCC2)cc1.